The summed E-state index contributed by atoms with van der Waals surface area (Å²) in [6.45, 7) is 1.83. The van der Waals surface area contributed by atoms with Crippen LogP contribution in [0.4, 0.5) is 40.8 Å². The first-order chi connectivity index (χ1) is 28.0. The topological polar surface area (TPSA) is 159 Å². The lowest BCUT2D eigenvalue weighted by molar-refractivity contribution is -0.154. The van der Waals surface area contributed by atoms with Gasteiger partial charge in [0.25, 0.3) is 5.91 Å². The van der Waals surface area contributed by atoms with E-state index in [-0.39, 0.29) is 36.2 Å². The zero-order valence-corrected chi connectivity index (χ0v) is 32.5. The summed E-state index contributed by atoms with van der Waals surface area (Å²) in [5.74, 6) is -3.74. The maximum absolute atomic E-state index is 15.3. The van der Waals surface area contributed by atoms with Crippen molar-refractivity contribution in [3.63, 3.8) is 0 Å². The van der Waals surface area contributed by atoms with E-state index in [4.69, 9.17) is 16.3 Å². The number of ether oxygens (including phenoxy) is 1. The number of nitrogens with one attached hydrogen (secondary N) is 5. The molecule has 0 spiro atoms. The van der Waals surface area contributed by atoms with Crippen LogP contribution in [0.25, 0.3) is 12.2 Å². The molecule has 1 fully saturated rings. The molecule has 59 heavy (non-hydrogen) atoms. The zero-order valence-electron chi connectivity index (χ0n) is 31.8. The average Bonchev–Trinajstić information content (AvgIpc) is 3.98. The molecule has 0 radical (unpaired) electrons. The normalized spacial score (nSPS) is 13.3. The maximum atomic E-state index is 15.3. The Bertz CT molecular complexity index is 2320. The molecule has 5 aromatic rings. The van der Waals surface area contributed by atoms with Gasteiger partial charge >= 0.3 is 24.0 Å². The first-order valence-corrected chi connectivity index (χ1v) is 18.7. The molecule has 1 aliphatic rings. The van der Waals surface area contributed by atoms with Crippen molar-refractivity contribution < 1.29 is 36.7 Å². The van der Waals surface area contributed by atoms with E-state index >= 15 is 4.39 Å². The highest BCUT2D eigenvalue weighted by atomic mass is 35.5. The number of aromatic nitrogens is 3. The minimum Gasteiger partial charge on any atom is -0.454 e. The molecular weight excluding hydrogens is 792 g/mol. The number of carbonyl (C=O) groups is 3. The van der Waals surface area contributed by atoms with Gasteiger partial charge in [-0.05, 0) is 77.4 Å². The van der Waals surface area contributed by atoms with Gasteiger partial charge in [-0.1, -0.05) is 92.2 Å². The minimum atomic E-state index is -4.66. The summed E-state index contributed by atoms with van der Waals surface area (Å²) < 4.78 is 59.0. The molecule has 0 saturated heterocycles. The lowest BCUT2D eigenvalue weighted by atomic mass is 9.93. The standard InChI is InChI=1S/C42H39ClF4N8O4/c1-40(2,24-49-35(57)36(58)50-30-16-10-27(11-17-30)9-8-26-6-4-3-5-7-26)23-48-34(56)32-19-18-31(22-33(32)44)51-37-52-38(54-39(53-37)59-25-42(45,46)47)55-41(20-21-41)28-12-14-29(43)15-13-28/h3-19,22H,20-21,23-25H2,1-2H3,(H,48,56)(H,49,57)(H,50,58)(H2,51,52,53,54,55). The molecule has 1 aliphatic carbocycles. The van der Waals surface area contributed by atoms with Crippen LogP contribution in [-0.4, -0.2) is 58.5 Å². The SMILES string of the molecule is CC(C)(CNC(=O)C(=O)Nc1ccc(C=Cc2ccccc2)cc1)CNC(=O)c1ccc(Nc2nc(NC3(c4ccc(Cl)cc4)CC3)nc(OCC(F)(F)F)n2)cc1F. The number of amides is 3. The highest BCUT2D eigenvalue weighted by molar-refractivity contribution is 6.39. The summed E-state index contributed by atoms with van der Waals surface area (Å²) in [5, 5.41) is 14.2. The molecule has 5 N–H and O–H groups in total. The second-order valence-corrected chi connectivity index (χ2v) is 15.0. The van der Waals surface area contributed by atoms with E-state index in [1.54, 1.807) is 50.2 Å². The zero-order chi connectivity index (χ0) is 42.2. The number of halogens is 5. The minimum absolute atomic E-state index is 0.00395. The molecule has 306 valence electrons. The van der Waals surface area contributed by atoms with Crippen molar-refractivity contribution in [3.8, 4) is 6.01 Å². The number of benzene rings is 4. The first kappa shape index (κ1) is 42.1. The van der Waals surface area contributed by atoms with Crippen molar-refractivity contribution >= 4 is 64.7 Å². The van der Waals surface area contributed by atoms with Crippen molar-refractivity contribution in [1.29, 1.82) is 0 Å². The van der Waals surface area contributed by atoms with E-state index in [1.807, 2.05) is 54.6 Å². The summed E-state index contributed by atoms with van der Waals surface area (Å²) in [6, 6.07) is 26.7. The molecular formula is C42H39ClF4N8O4. The highest BCUT2D eigenvalue weighted by Crippen LogP contribution is 2.48. The average molecular weight is 831 g/mol. The number of alkyl halides is 3. The quantitative estimate of drug-likeness (QED) is 0.0399. The van der Waals surface area contributed by atoms with Crippen LogP contribution in [0.3, 0.4) is 0 Å². The van der Waals surface area contributed by atoms with E-state index in [1.165, 1.54) is 12.1 Å². The monoisotopic (exact) mass is 830 g/mol. The molecule has 3 amide bonds. The number of carbonyl (C=O) groups excluding carboxylic acids is 3. The summed E-state index contributed by atoms with van der Waals surface area (Å²) in [7, 11) is 0. The number of rotatable bonds is 15. The van der Waals surface area contributed by atoms with Crippen LogP contribution in [0.2, 0.25) is 5.02 Å². The number of hydrogen-bond donors (Lipinski definition) is 5. The van der Waals surface area contributed by atoms with Gasteiger partial charge in [-0.2, -0.15) is 28.1 Å². The Hall–Kier alpha value is -6.55. The first-order valence-electron chi connectivity index (χ1n) is 18.3. The molecule has 6 rings (SSSR count). The van der Waals surface area contributed by atoms with Gasteiger partial charge in [-0.15, -0.1) is 0 Å². The lowest BCUT2D eigenvalue weighted by Crippen LogP contribution is -2.45. The van der Waals surface area contributed by atoms with Crippen molar-refractivity contribution in [2.24, 2.45) is 5.41 Å². The van der Waals surface area contributed by atoms with E-state index in [9.17, 15) is 27.6 Å². The highest BCUT2D eigenvalue weighted by Gasteiger charge is 2.45. The fourth-order valence-electron chi connectivity index (χ4n) is 5.68. The molecule has 12 nitrogen and oxygen atoms in total. The van der Waals surface area contributed by atoms with Gasteiger partial charge in [0.05, 0.1) is 11.1 Å². The summed E-state index contributed by atoms with van der Waals surface area (Å²) in [5.41, 5.74) is 1.68. The third-order valence-corrected chi connectivity index (χ3v) is 9.30. The van der Waals surface area contributed by atoms with Gasteiger partial charge in [-0.25, -0.2) is 4.39 Å². The van der Waals surface area contributed by atoms with Gasteiger partial charge in [0.2, 0.25) is 11.9 Å². The Balaban J connectivity index is 1.01. The molecule has 1 aromatic heterocycles. The molecule has 0 bridgehead atoms. The van der Waals surface area contributed by atoms with Gasteiger partial charge in [0.1, 0.15) is 5.82 Å². The predicted octanol–water partition coefficient (Wildman–Crippen LogP) is 8.13. The van der Waals surface area contributed by atoms with Gasteiger partial charge in [0, 0.05) is 29.5 Å². The van der Waals surface area contributed by atoms with E-state index < -0.39 is 53.3 Å². The number of anilines is 4. The van der Waals surface area contributed by atoms with Crippen LogP contribution in [0.5, 0.6) is 6.01 Å². The Morgan fingerprint density at radius 1 is 0.780 bits per heavy atom. The van der Waals surface area contributed by atoms with E-state index in [0.717, 1.165) is 22.8 Å². The van der Waals surface area contributed by atoms with Crippen LogP contribution in [0.15, 0.2) is 97.1 Å². The van der Waals surface area contributed by atoms with E-state index in [2.05, 4.69) is 41.5 Å². The van der Waals surface area contributed by atoms with Crippen LogP contribution >= 0.6 is 11.6 Å². The van der Waals surface area contributed by atoms with E-state index in [0.29, 0.717) is 23.6 Å². The third kappa shape index (κ3) is 12.2. The van der Waals surface area contributed by atoms with Gasteiger partial charge in [0.15, 0.2) is 6.61 Å². The lowest BCUT2D eigenvalue weighted by Gasteiger charge is -2.25. The largest absolute Gasteiger partial charge is 0.454 e. The van der Waals surface area contributed by atoms with Crippen molar-refractivity contribution in [2.45, 2.75) is 38.4 Å². The second-order valence-electron chi connectivity index (χ2n) is 14.6. The molecule has 0 aliphatic heterocycles. The molecule has 4 aromatic carbocycles. The van der Waals surface area contributed by atoms with Crippen LogP contribution < -0.4 is 31.3 Å². The van der Waals surface area contributed by atoms with Gasteiger partial charge < -0.3 is 31.3 Å². The summed E-state index contributed by atoms with van der Waals surface area (Å²) in [4.78, 5) is 50.3. The third-order valence-electron chi connectivity index (χ3n) is 9.05. The molecule has 1 heterocycles. The fourth-order valence-corrected chi connectivity index (χ4v) is 5.80. The van der Waals surface area contributed by atoms with Crippen molar-refractivity contribution in [3.05, 3.63) is 130 Å². The smallest absolute Gasteiger partial charge is 0.422 e. The Labute approximate surface area is 341 Å². The molecule has 17 heteroatoms. The number of hydrogen-bond acceptors (Lipinski definition) is 9. The van der Waals surface area contributed by atoms with Crippen molar-refractivity contribution in [2.75, 3.05) is 35.6 Å². The number of nitrogens with zero attached hydrogens (tertiary/aromatic N) is 3. The van der Waals surface area contributed by atoms with Gasteiger partial charge in [-0.3, -0.25) is 14.4 Å². The molecule has 0 unspecified atom stereocenters. The van der Waals surface area contributed by atoms with Crippen molar-refractivity contribution in [1.82, 2.24) is 25.6 Å². The second kappa shape index (κ2) is 17.9. The summed E-state index contributed by atoms with van der Waals surface area (Å²) in [6.07, 6.45) is 0.592. The van der Waals surface area contributed by atoms with Crippen LogP contribution in [-0.2, 0) is 15.1 Å². The Morgan fingerprint density at radius 3 is 2.05 bits per heavy atom. The van der Waals surface area contributed by atoms with Crippen LogP contribution in [0, 0.1) is 11.2 Å². The Morgan fingerprint density at radius 2 is 1.41 bits per heavy atom. The summed E-state index contributed by atoms with van der Waals surface area (Å²) >= 11 is 6.03. The molecule has 1 saturated carbocycles. The Kier molecular flexibility index (Phi) is 12.8. The van der Waals surface area contributed by atoms with Crippen LogP contribution in [0.1, 0.15) is 53.7 Å². The predicted molar refractivity (Wildman–Crippen MR) is 217 cm³/mol. The molecule has 0 atom stereocenters. The maximum Gasteiger partial charge on any atom is 0.422 e. The fraction of sp³-hybridized carbons (Fsp3) is 0.238.